The molecular formula is C16H26O4Si2. The van der Waals surface area contributed by atoms with Gasteiger partial charge >= 0.3 is 5.97 Å². The van der Waals surface area contributed by atoms with E-state index in [4.69, 9.17) is 13.6 Å². The van der Waals surface area contributed by atoms with Crippen LogP contribution in [-0.4, -0.2) is 29.7 Å². The van der Waals surface area contributed by atoms with Crippen LogP contribution in [-0.2, 0) is 9.22 Å². The zero-order valence-electron chi connectivity index (χ0n) is 14.5. The summed E-state index contributed by atoms with van der Waals surface area (Å²) in [6.07, 6.45) is 3.18. The molecule has 1 rings (SSSR count). The SMILES string of the molecule is COc1cc(/C=C\C(=O)O[Si](C)(C)C)ccc1O[Si](C)(C)C. The van der Waals surface area contributed by atoms with E-state index in [1.165, 1.54) is 6.08 Å². The molecule has 0 spiro atoms. The topological polar surface area (TPSA) is 44.8 Å². The molecule has 0 saturated heterocycles. The minimum Gasteiger partial charge on any atom is -0.542 e. The Morgan fingerprint density at radius 1 is 1.00 bits per heavy atom. The summed E-state index contributed by atoms with van der Waals surface area (Å²) >= 11 is 0. The van der Waals surface area contributed by atoms with Crippen LogP contribution in [0.25, 0.3) is 6.08 Å². The second-order valence-electron chi connectivity index (χ2n) is 6.99. The van der Waals surface area contributed by atoms with Gasteiger partial charge in [-0.1, -0.05) is 6.07 Å². The van der Waals surface area contributed by atoms with Crippen molar-refractivity contribution in [2.75, 3.05) is 7.11 Å². The Balaban J connectivity index is 2.88. The number of ether oxygens (including phenoxy) is 1. The molecule has 0 aromatic heterocycles. The van der Waals surface area contributed by atoms with Crippen molar-refractivity contribution in [3.8, 4) is 11.5 Å². The summed E-state index contributed by atoms with van der Waals surface area (Å²) in [6.45, 7) is 12.3. The molecule has 0 saturated carbocycles. The lowest BCUT2D eigenvalue weighted by Gasteiger charge is -2.21. The number of hydrogen-bond acceptors (Lipinski definition) is 4. The number of carbonyl (C=O) groups is 1. The van der Waals surface area contributed by atoms with Gasteiger partial charge in [-0.15, -0.1) is 0 Å². The Morgan fingerprint density at radius 2 is 1.64 bits per heavy atom. The van der Waals surface area contributed by atoms with Crippen molar-refractivity contribution in [3.05, 3.63) is 29.8 Å². The summed E-state index contributed by atoms with van der Waals surface area (Å²) in [5.74, 6) is 1.10. The highest BCUT2D eigenvalue weighted by Crippen LogP contribution is 2.30. The highest BCUT2D eigenvalue weighted by Gasteiger charge is 2.19. The molecule has 1 aromatic rings. The monoisotopic (exact) mass is 338 g/mol. The largest absolute Gasteiger partial charge is 0.542 e. The first-order valence-corrected chi connectivity index (χ1v) is 14.1. The van der Waals surface area contributed by atoms with Gasteiger partial charge in [0.15, 0.2) is 5.75 Å². The first kappa shape index (κ1) is 18.5. The molecule has 0 radical (unpaired) electrons. The minimum atomic E-state index is -1.85. The van der Waals surface area contributed by atoms with Gasteiger partial charge in [0.05, 0.1) is 7.11 Å². The van der Waals surface area contributed by atoms with Crippen molar-refractivity contribution in [2.24, 2.45) is 0 Å². The van der Waals surface area contributed by atoms with Crippen molar-refractivity contribution in [1.82, 2.24) is 0 Å². The third kappa shape index (κ3) is 6.95. The summed E-state index contributed by atoms with van der Waals surface area (Å²) in [7, 11) is -1.94. The molecule has 0 bridgehead atoms. The summed E-state index contributed by atoms with van der Waals surface area (Å²) < 4.78 is 16.7. The molecule has 0 aliphatic carbocycles. The fraction of sp³-hybridized carbons (Fsp3) is 0.438. The predicted octanol–water partition coefficient (Wildman–Crippen LogP) is 4.30. The molecule has 0 N–H and O–H groups in total. The normalized spacial score (nSPS) is 12.3. The Hall–Kier alpha value is -1.54. The molecule has 0 fully saturated rings. The van der Waals surface area contributed by atoms with Crippen LogP contribution >= 0.6 is 0 Å². The van der Waals surface area contributed by atoms with Crippen molar-refractivity contribution < 1.29 is 18.4 Å². The van der Waals surface area contributed by atoms with Crippen LogP contribution in [0.15, 0.2) is 24.3 Å². The van der Waals surface area contributed by atoms with Crippen LogP contribution in [0.5, 0.6) is 11.5 Å². The Labute approximate surface area is 135 Å². The van der Waals surface area contributed by atoms with E-state index in [0.717, 1.165) is 11.3 Å². The standard InChI is InChI=1S/C16H26O4Si2/c1-18-15-12-13(8-10-14(15)19-21(2,3)4)9-11-16(17)20-22(5,6)7/h8-12H,1-7H3/b11-9-. The van der Waals surface area contributed by atoms with E-state index in [0.29, 0.717) is 5.75 Å². The van der Waals surface area contributed by atoms with Crippen LogP contribution in [0.4, 0.5) is 0 Å². The van der Waals surface area contributed by atoms with Gasteiger partial charge in [0.1, 0.15) is 5.75 Å². The molecule has 4 nitrogen and oxygen atoms in total. The van der Waals surface area contributed by atoms with E-state index in [-0.39, 0.29) is 5.97 Å². The van der Waals surface area contributed by atoms with Crippen molar-refractivity contribution in [2.45, 2.75) is 39.3 Å². The average molecular weight is 339 g/mol. The second-order valence-corrected chi connectivity index (χ2v) is 15.8. The fourth-order valence-corrected chi connectivity index (χ4v) is 3.20. The quantitative estimate of drug-likeness (QED) is 0.573. The average Bonchev–Trinajstić information content (AvgIpc) is 2.33. The summed E-state index contributed by atoms with van der Waals surface area (Å²) in [5, 5.41) is 0. The number of hydrogen-bond donors (Lipinski definition) is 0. The third-order valence-electron chi connectivity index (χ3n) is 2.42. The van der Waals surface area contributed by atoms with Gasteiger partial charge in [0.25, 0.3) is 0 Å². The molecule has 1 aromatic carbocycles. The van der Waals surface area contributed by atoms with E-state index in [2.05, 4.69) is 19.6 Å². The lowest BCUT2D eigenvalue weighted by Crippen LogP contribution is -2.29. The van der Waals surface area contributed by atoms with Crippen LogP contribution in [0, 0.1) is 0 Å². The van der Waals surface area contributed by atoms with Crippen molar-refractivity contribution in [3.63, 3.8) is 0 Å². The predicted molar refractivity (Wildman–Crippen MR) is 95.4 cm³/mol. The first-order chi connectivity index (χ1) is 10.00. The first-order valence-electron chi connectivity index (χ1n) is 7.28. The molecule has 22 heavy (non-hydrogen) atoms. The van der Waals surface area contributed by atoms with Crippen LogP contribution in [0.2, 0.25) is 39.3 Å². The van der Waals surface area contributed by atoms with Gasteiger partial charge in [-0.05, 0) is 63.1 Å². The van der Waals surface area contributed by atoms with Gasteiger partial charge in [-0.2, -0.15) is 0 Å². The molecule has 0 unspecified atom stereocenters. The molecule has 0 aliphatic rings. The van der Waals surface area contributed by atoms with E-state index in [9.17, 15) is 4.79 Å². The van der Waals surface area contributed by atoms with E-state index in [1.807, 2.05) is 37.8 Å². The van der Waals surface area contributed by atoms with Gasteiger partial charge < -0.3 is 13.6 Å². The maximum atomic E-state index is 11.7. The molecule has 0 aliphatic heterocycles. The molecule has 0 heterocycles. The third-order valence-corrected chi connectivity index (χ3v) is 4.07. The fourth-order valence-electron chi connectivity index (χ4n) is 1.70. The van der Waals surface area contributed by atoms with Gasteiger partial charge in [-0.3, -0.25) is 0 Å². The van der Waals surface area contributed by atoms with E-state index >= 15 is 0 Å². The summed E-state index contributed by atoms with van der Waals surface area (Å²) in [4.78, 5) is 11.7. The summed E-state index contributed by atoms with van der Waals surface area (Å²) in [6, 6.07) is 5.63. The number of carbonyl (C=O) groups excluding carboxylic acids is 1. The second kappa shape index (κ2) is 7.15. The van der Waals surface area contributed by atoms with Gasteiger partial charge in [0.2, 0.25) is 16.6 Å². The molecule has 6 heteroatoms. The highest BCUT2D eigenvalue weighted by atomic mass is 28.4. The van der Waals surface area contributed by atoms with Crippen LogP contribution < -0.4 is 9.16 Å². The Morgan fingerprint density at radius 3 is 2.14 bits per heavy atom. The van der Waals surface area contributed by atoms with E-state index < -0.39 is 16.6 Å². The number of benzene rings is 1. The lowest BCUT2D eigenvalue weighted by atomic mass is 10.2. The number of rotatable bonds is 6. The Bertz CT molecular complexity index is 554. The Kier molecular flexibility index (Phi) is 6.02. The van der Waals surface area contributed by atoms with Crippen LogP contribution in [0.1, 0.15) is 5.56 Å². The van der Waals surface area contributed by atoms with E-state index in [1.54, 1.807) is 13.2 Å². The molecule has 0 atom stereocenters. The molecule has 0 amide bonds. The lowest BCUT2D eigenvalue weighted by molar-refractivity contribution is -0.129. The highest BCUT2D eigenvalue weighted by molar-refractivity contribution is 6.71. The van der Waals surface area contributed by atoms with Gasteiger partial charge in [0, 0.05) is 6.08 Å². The zero-order valence-corrected chi connectivity index (χ0v) is 16.5. The maximum Gasteiger partial charge on any atom is 0.317 e. The van der Waals surface area contributed by atoms with Crippen LogP contribution in [0.3, 0.4) is 0 Å². The van der Waals surface area contributed by atoms with Crippen molar-refractivity contribution >= 4 is 28.7 Å². The summed E-state index contributed by atoms with van der Waals surface area (Å²) in [5.41, 5.74) is 0.868. The zero-order chi connectivity index (χ0) is 17.0. The maximum absolute atomic E-state index is 11.7. The molecular weight excluding hydrogens is 312 g/mol. The molecule has 122 valence electrons. The van der Waals surface area contributed by atoms with Gasteiger partial charge in [-0.25, -0.2) is 4.79 Å². The minimum absolute atomic E-state index is 0.305. The number of methoxy groups -OCH3 is 1. The van der Waals surface area contributed by atoms with Crippen molar-refractivity contribution in [1.29, 1.82) is 0 Å². The smallest absolute Gasteiger partial charge is 0.317 e.